The van der Waals surface area contributed by atoms with E-state index < -0.39 is 17.7 Å². The van der Waals surface area contributed by atoms with Crippen molar-refractivity contribution in [3.05, 3.63) is 65.2 Å². The number of anilines is 1. The first-order valence-corrected chi connectivity index (χ1v) is 6.39. The van der Waals surface area contributed by atoms with Gasteiger partial charge in [-0.1, -0.05) is 0 Å². The van der Waals surface area contributed by atoms with Crippen molar-refractivity contribution in [2.24, 2.45) is 0 Å². The topological polar surface area (TPSA) is 79.3 Å². The Kier molecular flexibility index (Phi) is 4.63. The Hall–Kier alpha value is -3.02. The van der Waals surface area contributed by atoms with E-state index in [9.17, 15) is 14.0 Å². The van der Waals surface area contributed by atoms with Gasteiger partial charge < -0.3 is 10.4 Å². The van der Waals surface area contributed by atoms with Gasteiger partial charge in [-0.05, 0) is 48.4 Å². The van der Waals surface area contributed by atoms with Gasteiger partial charge in [0.1, 0.15) is 5.82 Å². The average Bonchev–Trinajstić information content (AvgIpc) is 2.45. The standard InChI is InChI=1S/C16H13FN2O3/c1-10-6-13(3-4-14(10)16(21)22)19-15(20)5-2-11-7-12(17)9-18-8-11/h2-9H,1H3,(H,19,20)(H,21,22). The van der Waals surface area contributed by atoms with Gasteiger partial charge in [-0.25, -0.2) is 9.18 Å². The van der Waals surface area contributed by atoms with E-state index >= 15 is 0 Å². The normalized spacial score (nSPS) is 10.6. The van der Waals surface area contributed by atoms with Crippen molar-refractivity contribution < 1.29 is 19.1 Å². The van der Waals surface area contributed by atoms with Gasteiger partial charge in [0.25, 0.3) is 0 Å². The van der Waals surface area contributed by atoms with Gasteiger partial charge in [0.05, 0.1) is 11.8 Å². The largest absolute Gasteiger partial charge is 0.478 e. The molecule has 22 heavy (non-hydrogen) atoms. The minimum atomic E-state index is -1.02. The van der Waals surface area contributed by atoms with Crippen LogP contribution in [0.25, 0.3) is 6.08 Å². The third kappa shape index (κ3) is 3.99. The summed E-state index contributed by atoms with van der Waals surface area (Å²) in [6, 6.07) is 5.75. The number of aromatic nitrogens is 1. The number of carboxylic acids is 1. The molecule has 2 aromatic rings. The van der Waals surface area contributed by atoms with Crippen LogP contribution in [0.15, 0.2) is 42.7 Å². The third-order valence-electron chi connectivity index (χ3n) is 2.88. The van der Waals surface area contributed by atoms with Crippen molar-refractivity contribution in [1.29, 1.82) is 0 Å². The number of halogens is 1. The number of carboxylic acid groups (broad SMARTS) is 1. The van der Waals surface area contributed by atoms with Crippen LogP contribution in [0.2, 0.25) is 0 Å². The number of hydrogen-bond acceptors (Lipinski definition) is 3. The summed E-state index contributed by atoms with van der Waals surface area (Å²) in [5.41, 5.74) is 1.67. The summed E-state index contributed by atoms with van der Waals surface area (Å²) < 4.78 is 12.9. The molecule has 0 fully saturated rings. The summed E-state index contributed by atoms with van der Waals surface area (Å²) in [4.78, 5) is 26.3. The summed E-state index contributed by atoms with van der Waals surface area (Å²) in [6.07, 6.45) is 5.18. The highest BCUT2D eigenvalue weighted by Gasteiger charge is 2.07. The Morgan fingerprint density at radius 3 is 2.68 bits per heavy atom. The molecule has 0 aliphatic rings. The first-order valence-electron chi connectivity index (χ1n) is 6.39. The van der Waals surface area contributed by atoms with E-state index in [0.29, 0.717) is 16.8 Å². The zero-order valence-electron chi connectivity index (χ0n) is 11.7. The Bertz CT molecular complexity index is 757. The van der Waals surface area contributed by atoms with Crippen LogP contribution in [0.4, 0.5) is 10.1 Å². The maximum atomic E-state index is 12.9. The van der Waals surface area contributed by atoms with Gasteiger partial charge in [0.15, 0.2) is 0 Å². The molecule has 5 nitrogen and oxygen atoms in total. The molecular formula is C16H13FN2O3. The molecule has 6 heteroatoms. The van der Waals surface area contributed by atoms with E-state index in [1.54, 1.807) is 13.0 Å². The second-order valence-electron chi connectivity index (χ2n) is 4.59. The van der Waals surface area contributed by atoms with Crippen LogP contribution in [0.3, 0.4) is 0 Å². The van der Waals surface area contributed by atoms with Gasteiger partial charge in [0, 0.05) is 18.0 Å². The van der Waals surface area contributed by atoms with E-state index in [4.69, 9.17) is 5.11 Å². The lowest BCUT2D eigenvalue weighted by Gasteiger charge is -2.05. The number of nitrogens with one attached hydrogen (secondary N) is 1. The second-order valence-corrected chi connectivity index (χ2v) is 4.59. The lowest BCUT2D eigenvalue weighted by atomic mass is 10.1. The molecule has 1 aromatic carbocycles. The van der Waals surface area contributed by atoms with E-state index in [1.807, 2.05) is 0 Å². The first-order chi connectivity index (χ1) is 10.5. The second kappa shape index (κ2) is 6.62. The first kappa shape index (κ1) is 15.4. The lowest BCUT2D eigenvalue weighted by molar-refractivity contribution is -0.111. The van der Waals surface area contributed by atoms with Gasteiger partial charge >= 0.3 is 5.97 Å². The molecule has 0 atom stereocenters. The smallest absolute Gasteiger partial charge is 0.335 e. The number of aryl methyl sites for hydroxylation is 1. The number of pyridine rings is 1. The summed E-state index contributed by atoms with van der Waals surface area (Å²) in [5, 5.41) is 11.5. The number of carbonyl (C=O) groups excluding carboxylic acids is 1. The van der Waals surface area contributed by atoms with Crippen LogP contribution >= 0.6 is 0 Å². The van der Waals surface area contributed by atoms with Crippen molar-refractivity contribution in [2.45, 2.75) is 6.92 Å². The van der Waals surface area contributed by atoms with Crippen LogP contribution in [-0.2, 0) is 4.79 Å². The Labute approximate surface area is 126 Å². The molecule has 0 radical (unpaired) electrons. The molecule has 0 saturated carbocycles. The van der Waals surface area contributed by atoms with E-state index in [1.165, 1.54) is 36.5 Å². The molecular weight excluding hydrogens is 287 g/mol. The highest BCUT2D eigenvalue weighted by molar-refractivity contribution is 6.02. The van der Waals surface area contributed by atoms with Gasteiger partial charge in [0.2, 0.25) is 5.91 Å². The molecule has 0 saturated heterocycles. The summed E-state index contributed by atoms with van der Waals surface area (Å²) >= 11 is 0. The van der Waals surface area contributed by atoms with Crippen LogP contribution in [0.1, 0.15) is 21.5 Å². The van der Waals surface area contributed by atoms with Crippen LogP contribution in [0.5, 0.6) is 0 Å². The average molecular weight is 300 g/mol. The Morgan fingerprint density at radius 1 is 1.27 bits per heavy atom. The monoisotopic (exact) mass is 300 g/mol. The van der Waals surface area contributed by atoms with Gasteiger partial charge in [-0.15, -0.1) is 0 Å². The minimum Gasteiger partial charge on any atom is -0.478 e. The van der Waals surface area contributed by atoms with Crippen LogP contribution < -0.4 is 5.32 Å². The number of rotatable bonds is 4. The number of carbonyl (C=O) groups is 2. The predicted molar refractivity (Wildman–Crippen MR) is 80.0 cm³/mol. The maximum Gasteiger partial charge on any atom is 0.335 e. The quantitative estimate of drug-likeness (QED) is 0.851. The lowest BCUT2D eigenvalue weighted by Crippen LogP contribution is -2.09. The van der Waals surface area contributed by atoms with E-state index in [-0.39, 0.29) is 5.56 Å². The molecule has 0 aliphatic heterocycles. The van der Waals surface area contributed by atoms with Crippen molar-refractivity contribution in [1.82, 2.24) is 4.98 Å². The Balaban J connectivity index is 2.06. The molecule has 1 aromatic heterocycles. The molecule has 1 amide bonds. The SMILES string of the molecule is Cc1cc(NC(=O)C=Cc2cncc(F)c2)ccc1C(=O)O. The third-order valence-corrected chi connectivity index (χ3v) is 2.88. The molecule has 0 spiro atoms. The summed E-state index contributed by atoms with van der Waals surface area (Å²) in [7, 11) is 0. The summed E-state index contributed by atoms with van der Waals surface area (Å²) in [6.45, 7) is 1.65. The molecule has 1 heterocycles. The Morgan fingerprint density at radius 2 is 2.05 bits per heavy atom. The predicted octanol–water partition coefficient (Wildman–Crippen LogP) is 2.88. The highest BCUT2D eigenvalue weighted by Crippen LogP contribution is 2.15. The minimum absolute atomic E-state index is 0.180. The zero-order chi connectivity index (χ0) is 16.1. The fraction of sp³-hybridized carbons (Fsp3) is 0.0625. The maximum absolute atomic E-state index is 12.9. The van der Waals surface area contributed by atoms with Crippen molar-refractivity contribution >= 4 is 23.6 Å². The van der Waals surface area contributed by atoms with Crippen LogP contribution in [-0.4, -0.2) is 22.0 Å². The number of nitrogens with zero attached hydrogens (tertiary/aromatic N) is 1. The van der Waals surface area contributed by atoms with Crippen molar-refractivity contribution in [2.75, 3.05) is 5.32 Å². The van der Waals surface area contributed by atoms with E-state index in [0.717, 1.165) is 6.20 Å². The number of hydrogen-bond donors (Lipinski definition) is 2. The molecule has 2 rings (SSSR count). The zero-order valence-corrected chi connectivity index (χ0v) is 11.7. The molecule has 0 unspecified atom stereocenters. The van der Waals surface area contributed by atoms with Gasteiger partial charge in [-0.2, -0.15) is 0 Å². The number of aromatic carboxylic acids is 1. The number of benzene rings is 1. The summed E-state index contributed by atoms with van der Waals surface area (Å²) in [5.74, 6) is -1.91. The van der Waals surface area contributed by atoms with Gasteiger partial charge in [-0.3, -0.25) is 9.78 Å². The molecule has 0 aliphatic carbocycles. The van der Waals surface area contributed by atoms with Crippen LogP contribution in [0, 0.1) is 12.7 Å². The van der Waals surface area contributed by atoms with E-state index in [2.05, 4.69) is 10.3 Å². The fourth-order valence-electron chi connectivity index (χ4n) is 1.86. The highest BCUT2D eigenvalue weighted by atomic mass is 19.1. The fourth-order valence-corrected chi connectivity index (χ4v) is 1.86. The molecule has 0 bridgehead atoms. The molecule has 2 N–H and O–H groups in total. The van der Waals surface area contributed by atoms with Crippen molar-refractivity contribution in [3.8, 4) is 0 Å². The van der Waals surface area contributed by atoms with Crippen molar-refractivity contribution in [3.63, 3.8) is 0 Å². The number of amides is 1. The molecule has 112 valence electrons.